The van der Waals surface area contributed by atoms with Crippen molar-refractivity contribution in [1.82, 2.24) is 4.90 Å². The highest BCUT2D eigenvalue weighted by Crippen LogP contribution is 2.06. The minimum atomic E-state index is -0.697. The summed E-state index contributed by atoms with van der Waals surface area (Å²) in [5.41, 5.74) is 2.67. The highest BCUT2D eigenvalue weighted by Gasteiger charge is 2.01. The molecule has 0 fully saturated rings. The van der Waals surface area contributed by atoms with Crippen LogP contribution >= 0.6 is 0 Å². The quantitative estimate of drug-likeness (QED) is 0.720. The zero-order chi connectivity index (χ0) is 13.4. The lowest BCUT2D eigenvalue weighted by Crippen LogP contribution is -2.22. The fraction of sp³-hybridized carbons (Fsp3) is 0.533. The molecule has 0 saturated heterocycles. The minimum absolute atomic E-state index is 0.283. The monoisotopic (exact) mass is 249 g/mol. The van der Waals surface area contributed by atoms with Gasteiger partial charge in [0.05, 0.1) is 0 Å². The van der Waals surface area contributed by atoms with Gasteiger partial charge in [-0.3, -0.25) is 4.79 Å². The highest BCUT2D eigenvalue weighted by atomic mass is 16.4. The summed E-state index contributed by atoms with van der Waals surface area (Å²) in [4.78, 5) is 12.6. The Morgan fingerprint density at radius 1 is 1.28 bits per heavy atom. The van der Waals surface area contributed by atoms with Crippen LogP contribution < -0.4 is 0 Å². The molecule has 0 aliphatic carbocycles. The number of benzene rings is 1. The lowest BCUT2D eigenvalue weighted by molar-refractivity contribution is -0.137. The van der Waals surface area contributed by atoms with Crippen molar-refractivity contribution in [3.63, 3.8) is 0 Å². The number of carbonyl (C=O) groups is 1. The first-order valence-electron chi connectivity index (χ1n) is 6.54. The van der Waals surface area contributed by atoms with E-state index in [0.29, 0.717) is 0 Å². The van der Waals surface area contributed by atoms with Gasteiger partial charge in [0, 0.05) is 13.0 Å². The van der Waals surface area contributed by atoms with Crippen LogP contribution in [0.25, 0.3) is 0 Å². The average Bonchev–Trinajstić information content (AvgIpc) is 2.32. The van der Waals surface area contributed by atoms with Gasteiger partial charge in [0.1, 0.15) is 0 Å². The maximum atomic E-state index is 10.4. The van der Waals surface area contributed by atoms with Crippen LogP contribution in [0.2, 0.25) is 0 Å². The molecule has 0 heterocycles. The number of hydrogen-bond acceptors (Lipinski definition) is 2. The molecule has 0 saturated carbocycles. The zero-order valence-electron chi connectivity index (χ0n) is 11.4. The van der Waals surface area contributed by atoms with E-state index < -0.39 is 5.97 Å². The molecule has 3 heteroatoms. The Kier molecular flexibility index (Phi) is 6.44. The first kappa shape index (κ1) is 14.7. The summed E-state index contributed by atoms with van der Waals surface area (Å²) in [5.74, 6) is -0.697. The van der Waals surface area contributed by atoms with E-state index in [1.54, 1.807) is 0 Å². The lowest BCUT2D eigenvalue weighted by atomic mass is 10.1. The number of aryl methyl sites for hydroxylation is 1. The standard InChI is InChI=1S/C15H23NO2/c1-13-6-5-7-14(12-13)9-11-16(2)10-4-3-8-15(17)18/h5-7,12H,3-4,8-11H2,1-2H3,(H,17,18). The third-order valence-corrected chi connectivity index (χ3v) is 3.05. The maximum Gasteiger partial charge on any atom is 0.303 e. The van der Waals surface area contributed by atoms with Crippen molar-refractivity contribution in [1.29, 1.82) is 0 Å². The summed E-state index contributed by atoms with van der Waals surface area (Å²) in [6, 6.07) is 8.58. The van der Waals surface area contributed by atoms with Crippen LogP contribution in [0.15, 0.2) is 24.3 Å². The second-order valence-corrected chi connectivity index (χ2v) is 4.89. The number of aliphatic carboxylic acids is 1. The molecule has 18 heavy (non-hydrogen) atoms. The van der Waals surface area contributed by atoms with Crippen molar-refractivity contribution in [2.75, 3.05) is 20.1 Å². The number of carboxylic acid groups (broad SMARTS) is 1. The van der Waals surface area contributed by atoms with Gasteiger partial charge in [-0.05, 0) is 45.3 Å². The van der Waals surface area contributed by atoms with E-state index in [4.69, 9.17) is 5.11 Å². The summed E-state index contributed by atoms with van der Waals surface area (Å²) < 4.78 is 0. The molecule has 0 unspecified atom stereocenters. The van der Waals surface area contributed by atoms with Gasteiger partial charge in [0.15, 0.2) is 0 Å². The zero-order valence-corrected chi connectivity index (χ0v) is 11.4. The smallest absolute Gasteiger partial charge is 0.303 e. The van der Waals surface area contributed by atoms with E-state index in [1.807, 2.05) is 0 Å². The Balaban J connectivity index is 2.17. The summed E-state index contributed by atoms with van der Waals surface area (Å²) >= 11 is 0. The van der Waals surface area contributed by atoms with E-state index in [-0.39, 0.29) is 6.42 Å². The summed E-state index contributed by atoms with van der Waals surface area (Å²) in [6.07, 6.45) is 3.06. The first-order chi connectivity index (χ1) is 8.58. The van der Waals surface area contributed by atoms with E-state index in [0.717, 1.165) is 32.4 Å². The molecule has 0 spiro atoms. The Hall–Kier alpha value is -1.35. The van der Waals surface area contributed by atoms with Gasteiger partial charge in [0.2, 0.25) is 0 Å². The van der Waals surface area contributed by atoms with Gasteiger partial charge in [-0.2, -0.15) is 0 Å². The molecule has 100 valence electrons. The van der Waals surface area contributed by atoms with Crippen LogP contribution in [0.3, 0.4) is 0 Å². The van der Waals surface area contributed by atoms with Crippen LogP contribution in [0.4, 0.5) is 0 Å². The van der Waals surface area contributed by atoms with Gasteiger partial charge in [0.25, 0.3) is 0 Å². The topological polar surface area (TPSA) is 40.5 Å². The van der Waals surface area contributed by atoms with Gasteiger partial charge in [-0.25, -0.2) is 0 Å². The number of hydrogen-bond donors (Lipinski definition) is 1. The molecule has 1 aromatic carbocycles. The van der Waals surface area contributed by atoms with Crippen molar-refractivity contribution in [3.05, 3.63) is 35.4 Å². The number of likely N-dealkylation sites (N-methyl/N-ethyl adjacent to an activating group) is 1. The SMILES string of the molecule is Cc1cccc(CCN(C)CCCCC(=O)O)c1. The lowest BCUT2D eigenvalue weighted by Gasteiger charge is -2.16. The summed E-state index contributed by atoms with van der Waals surface area (Å²) in [6.45, 7) is 4.11. The van der Waals surface area contributed by atoms with Crippen LogP contribution in [-0.4, -0.2) is 36.1 Å². The summed E-state index contributed by atoms with van der Waals surface area (Å²) in [5, 5.41) is 8.54. The molecule has 0 aliphatic rings. The highest BCUT2D eigenvalue weighted by molar-refractivity contribution is 5.66. The van der Waals surface area contributed by atoms with Crippen molar-refractivity contribution in [2.45, 2.75) is 32.6 Å². The number of carboxylic acids is 1. The number of rotatable bonds is 8. The third-order valence-electron chi connectivity index (χ3n) is 3.05. The van der Waals surface area contributed by atoms with Crippen molar-refractivity contribution >= 4 is 5.97 Å². The Bertz CT molecular complexity index is 377. The summed E-state index contributed by atoms with van der Waals surface area (Å²) in [7, 11) is 2.09. The van der Waals surface area contributed by atoms with Crippen LogP contribution in [0.5, 0.6) is 0 Å². The van der Waals surface area contributed by atoms with Crippen LogP contribution in [0, 0.1) is 6.92 Å². The van der Waals surface area contributed by atoms with E-state index in [9.17, 15) is 4.79 Å². The molecule has 0 bridgehead atoms. The maximum absolute atomic E-state index is 10.4. The molecule has 0 aliphatic heterocycles. The number of unbranched alkanes of at least 4 members (excludes halogenated alkanes) is 1. The molecule has 1 rings (SSSR count). The van der Waals surface area contributed by atoms with Crippen LogP contribution in [-0.2, 0) is 11.2 Å². The molecule has 3 nitrogen and oxygen atoms in total. The molecule has 0 radical (unpaired) electrons. The predicted molar refractivity (Wildman–Crippen MR) is 73.9 cm³/mol. The van der Waals surface area contributed by atoms with Crippen molar-refractivity contribution in [2.24, 2.45) is 0 Å². The van der Waals surface area contributed by atoms with Gasteiger partial charge in [-0.15, -0.1) is 0 Å². The molecule has 1 aromatic rings. The molecule has 1 N–H and O–H groups in total. The van der Waals surface area contributed by atoms with E-state index in [1.165, 1.54) is 11.1 Å². The molecule has 0 atom stereocenters. The first-order valence-corrected chi connectivity index (χ1v) is 6.54. The average molecular weight is 249 g/mol. The Labute approximate surface area is 109 Å². The fourth-order valence-electron chi connectivity index (χ4n) is 1.96. The minimum Gasteiger partial charge on any atom is -0.481 e. The molecule has 0 amide bonds. The van der Waals surface area contributed by atoms with Crippen molar-refractivity contribution in [3.8, 4) is 0 Å². The predicted octanol–water partition coefficient (Wildman–Crippen LogP) is 2.72. The van der Waals surface area contributed by atoms with Crippen molar-refractivity contribution < 1.29 is 9.90 Å². The Morgan fingerprint density at radius 3 is 2.72 bits per heavy atom. The molecular weight excluding hydrogens is 226 g/mol. The van der Waals surface area contributed by atoms with Crippen LogP contribution in [0.1, 0.15) is 30.4 Å². The van der Waals surface area contributed by atoms with E-state index in [2.05, 4.69) is 43.1 Å². The second-order valence-electron chi connectivity index (χ2n) is 4.89. The van der Waals surface area contributed by atoms with Gasteiger partial charge >= 0.3 is 5.97 Å². The largest absolute Gasteiger partial charge is 0.481 e. The molecular formula is C15H23NO2. The normalized spacial score (nSPS) is 10.8. The number of nitrogens with zero attached hydrogens (tertiary/aromatic N) is 1. The third kappa shape index (κ3) is 6.40. The molecule has 0 aromatic heterocycles. The fourth-order valence-corrected chi connectivity index (χ4v) is 1.96. The van der Waals surface area contributed by atoms with E-state index >= 15 is 0 Å². The van der Waals surface area contributed by atoms with Gasteiger partial charge < -0.3 is 10.0 Å². The second kappa shape index (κ2) is 7.88. The Morgan fingerprint density at radius 2 is 2.06 bits per heavy atom. The van der Waals surface area contributed by atoms with Gasteiger partial charge in [-0.1, -0.05) is 29.8 Å².